The lowest BCUT2D eigenvalue weighted by atomic mass is 9.87. The molecule has 2 aliphatic rings. The van der Waals surface area contributed by atoms with E-state index in [9.17, 15) is 37.4 Å². The van der Waals surface area contributed by atoms with Crippen molar-refractivity contribution in [3.05, 3.63) is 226 Å². The van der Waals surface area contributed by atoms with Gasteiger partial charge in [0.1, 0.15) is 23.3 Å². The summed E-state index contributed by atoms with van der Waals surface area (Å²) < 4.78 is 55.8. The summed E-state index contributed by atoms with van der Waals surface area (Å²) in [5.74, 6) is -3.90. The minimum atomic E-state index is -1.26. The summed E-state index contributed by atoms with van der Waals surface area (Å²) in [6, 6.07) is 42.3. The Morgan fingerprint density at radius 3 is 1.18 bits per heavy atom. The Hall–Kier alpha value is -7.94. The molecule has 10 rings (SSSR count). The Kier molecular flexibility index (Phi) is 18.6. The molecule has 0 bridgehead atoms. The van der Waals surface area contributed by atoms with Crippen molar-refractivity contribution in [2.45, 2.75) is 88.3 Å². The van der Waals surface area contributed by atoms with Crippen LogP contribution >= 0.6 is 0 Å². The van der Waals surface area contributed by atoms with E-state index in [2.05, 4.69) is 10.6 Å². The number of carboxylic acids is 2. The van der Waals surface area contributed by atoms with E-state index in [4.69, 9.17) is 20.2 Å². The van der Waals surface area contributed by atoms with E-state index in [1.165, 1.54) is 48.5 Å². The molecule has 8 aromatic rings. The lowest BCUT2D eigenvalue weighted by Crippen LogP contribution is -2.16. The van der Waals surface area contributed by atoms with Crippen LogP contribution in [0.3, 0.4) is 0 Å². The van der Waals surface area contributed by atoms with Gasteiger partial charge in [0.05, 0.1) is 34.6 Å². The molecule has 0 saturated carbocycles. The van der Waals surface area contributed by atoms with E-state index in [1.807, 2.05) is 72.8 Å². The van der Waals surface area contributed by atoms with Crippen molar-refractivity contribution >= 4 is 45.1 Å². The fourth-order valence-electron chi connectivity index (χ4n) is 10.4. The molecule has 0 amide bonds. The van der Waals surface area contributed by atoms with Crippen molar-refractivity contribution in [3.8, 4) is 0 Å². The maximum absolute atomic E-state index is 14.0. The number of rotatable bonds is 16. The molecule has 0 radical (unpaired) electrons. The normalized spacial score (nSPS) is 14.8. The number of aryl methyl sites for hydroxylation is 2. The fraction of sp³-hybridized carbons (Fsp3) is 0.258. The summed E-state index contributed by atoms with van der Waals surface area (Å²) in [7, 11) is 0. The number of fused-ring (bicyclic) bond motifs is 4. The predicted octanol–water partition coefficient (Wildman–Crippen LogP) is 13.5. The molecule has 14 heteroatoms. The van der Waals surface area contributed by atoms with Gasteiger partial charge in [0.2, 0.25) is 0 Å². The Morgan fingerprint density at radius 1 is 0.513 bits per heavy atom. The monoisotopic (exact) mass is 1030 g/mol. The largest absolute Gasteiger partial charge is 0.478 e. The first-order valence-corrected chi connectivity index (χ1v) is 25.7. The second-order valence-electron chi connectivity index (χ2n) is 19.0. The average Bonchev–Trinajstić information content (AvgIpc) is 3.41. The molecule has 2 unspecified atom stereocenters. The second-order valence-corrected chi connectivity index (χ2v) is 19.0. The molecule has 6 aromatic carbocycles. The molecule has 0 aliphatic heterocycles. The van der Waals surface area contributed by atoms with Gasteiger partial charge < -0.3 is 31.1 Å². The highest BCUT2D eigenvalue weighted by Crippen LogP contribution is 2.41. The maximum atomic E-state index is 14.0. The molecule has 0 saturated heterocycles. The molecular formula is C62H60F4N4O6. The van der Waals surface area contributed by atoms with Crippen LogP contribution in [0.15, 0.2) is 158 Å². The van der Waals surface area contributed by atoms with Gasteiger partial charge in [-0.3, -0.25) is 9.97 Å². The van der Waals surface area contributed by atoms with E-state index in [-0.39, 0.29) is 35.1 Å². The summed E-state index contributed by atoms with van der Waals surface area (Å²) in [6.45, 7) is 1.35. The van der Waals surface area contributed by atoms with Gasteiger partial charge >= 0.3 is 11.9 Å². The van der Waals surface area contributed by atoms with Crippen LogP contribution in [0.4, 0.5) is 28.9 Å². The van der Waals surface area contributed by atoms with E-state index in [1.54, 1.807) is 24.3 Å². The van der Waals surface area contributed by atoms with Crippen LogP contribution in [0.5, 0.6) is 0 Å². The predicted molar refractivity (Wildman–Crippen MR) is 288 cm³/mol. The number of benzene rings is 6. The van der Waals surface area contributed by atoms with Crippen LogP contribution in [0.1, 0.15) is 120 Å². The highest BCUT2D eigenvalue weighted by molar-refractivity contribution is 5.95. The SMILES string of the molecule is O=C(O)/C=C/C(=O)O.OC1CCCc2nc3ccccc3c(NCCCC(c3cccc(F)c3)c3cccc(F)c3)c21.OC1CCCc2nc3ccccc3c(NCCCC(c3cccc(F)c3)c3cccc(F)c3)c21. The Labute approximate surface area is 438 Å². The number of anilines is 2. The molecule has 0 fully saturated rings. The number of hydrogen-bond acceptors (Lipinski definition) is 8. The molecule has 2 aromatic heterocycles. The van der Waals surface area contributed by atoms with Crippen molar-refractivity contribution in [3.63, 3.8) is 0 Å². The molecule has 6 N–H and O–H groups in total. The van der Waals surface area contributed by atoms with Crippen LogP contribution in [0, 0.1) is 23.3 Å². The highest BCUT2D eigenvalue weighted by Gasteiger charge is 2.27. The van der Waals surface area contributed by atoms with Gasteiger partial charge in [-0.1, -0.05) is 84.9 Å². The van der Waals surface area contributed by atoms with Gasteiger partial charge in [0, 0.05) is 70.4 Å². The number of aliphatic hydroxyl groups is 2. The van der Waals surface area contributed by atoms with Gasteiger partial charge in [0.15, 0.2) is 0 Å². The third kappa shape index (κ3) is 14.1. The highest BCUT2D eigenvalue weighted by atomic mass is 19.1. The van der Waals surface area contributed by atoms with Crippen LogP contribution in [-0.4, -0.2) is 55.4 Å². The van der Waals surface area contributed by atoms with Crippen LogP contribution < -0.4 is 10.6 Å². The average molecular weight is 1030 g/mol. The Balaban J connectivity index is 0.000000176. The fourth-order valence-corrected chi connectivity index (χ4v) is 10.4. The standard InChI is InChI=1S/2C29H28F2N2O.C4H4O4/c2*30-21-9-3-7-19(17-21)23(20-8-4-10-22(31)18-20)12-6-16-32-29-24-11-1-2-13-25(24)33-26-14-5-15-27(34)28(26)29;5-3(6)1-2-4(7)8/h2*1-4,7-11,13,17-18,23,27,34H,5-6,12,14-16H2,(H,32,33);1-2H,(H,5,6)(H,7,8)/b;;2-1+. The van der Waals surface area contributed by atoms with Crippen molar-refractivity contribution in [2.75, 3.05) is 23.7 Å². The van der Waals surface area contributed by atoms with E-state index < -0.39 is 24.1 Å². The summed E-state index contributed by atoms with van der Waals surface area (Å²) in [5.41, 5.74) is 10.9. The van der Waals surface area contributed by atoms with Crippen molar-refractivity contribution < 1.29 is 47.6 Å². The number of aliphatic hydroxyl groups excluding tert-OH is 2. The third-order valence-electron chi connectivity index (χ3n) is 13.8. The van der Waals surface area contributed by atoms with Crippen LogP contribution in [0.2, 0.25) is 0 Å². The molecule has 0 spiro atoms. The molecule has 2 aliphatic carbocycles. The van der Waals surface area contributed by atoms with Crippen LogP contribution in [0.25, 0.3) is 21.8 Å². The van der Waals surface area contributed by atoms with Crippen molar-refractivity contribution in [1.29, 1.82) is 0 Å². The van der Waals surface area contributed by atoms with Gasteiger partial charge in [-0.05, 0) is 147 Å². The van der Waals surface area contributed by atoms with Crippen molar-refractivity contribution in [1.82, 2.24) is 9.97 Å². The zero-order chi connectivity index (χ0) is 53.6. The van der Waals surface area contributed by atoms with E-state index in [0.29, 0.717) is 25.2 Å². The Morgan fingerprint density at radius 2 is 0.855 bits per heavy atom. The lowest BCUT2D eigenvalue weighted by Gasteiger charge is -2.26. The van der Waals surface area contributed by atoms with Gasteiger partial charge in [-0.15, -0.1) is 0 Å². The van der Waals surface area contributed by atoms with Crippen LogP contribution in [-0.2, 0) is 22.4 Å². The maximum Gasteiger partial charge on any atom is 0.328 e. The molecule has 76 heavy (non-hydrogen) atoms. The first-order chi connectivity index (χ1) is 36.8. The number of carbonyl (C=O) groups is 2. The lowest BCUT2D eigenvalue weighted by molar-refractivity contribution is -0.134. The second kappa shape index (κ2) is 26.0. The molecule has 2 heterocycles. The number of pyridine rings is 2. The molecule has 2 atom stereocenters. The zero-order valence-electron chi connectivity index (χ0n) is 41.8. The van der Waals surface area contributed by atoms with E-state index >= 15 is 0 Å². The number of nitrogens with zero attached hydrogens (tertiary/aromatic N) is 2. The topological polar surface area (TPSA) is 165 Å². The third-order valence-corrected chi connectivity index (χ3v) is 13.8. The summed E-state index contributed by atoms with van der Waals surface area (Å²) in [5, 5.41) is 46.3. The van der Waals surface area contributed by atoms with Gasteiger partial charge in [0.25, 0.3) is 0 Å². The van der Waals surface area contributed by atoms with Gasteiger partial charge in [-0.2, -0.15) is 0 Å². The number of nitrogens with one attached hydrogen (secondary N) is 2. The molecular weight excluding hydrogens is 973 g/mol. The number of carboxylic acid groups (broad SMARTS) is 2. The summed E-state index contributed by atoms with van der Waals surface area (Å²) in [4.78, 5) is 28.7. The van der Waals surface area contributed by atoms with Crippen molar-refractivity contribution in [2.24, 2.45) is 0 Å². The molecule has 10 nitrogen and oxygen atoms in total. The zero-order valence-corrected chi connectivity index (χ0v) is 41.8. The minimum absolute atomic E-state index is 0.109. The van der Waals surface area contributed by atoms with E-state index in [0.717, 1.165) is 142 Å². The minimum Gasteiger partial charge on any atom is -0.478 e. The molecule has 392 valence electrons. The number of aromatic nitrogens is 2. The number of para-hydroxylation sites is 2. The quantitative estimate of drug-likeness (QED) is 0.0312. The smallest absolute Gasteiger partial charge is 0.328 e. The number of aliphatic carboxylic acids is 2. The Bertz CT molecular complexity index is 3030. The van der Waals surface area contributed by atoms with Gasteiger partial charge in [-0.25, -0.2) is 27.2 Å². The summed E-state index contributed by atoms with van der Waals surface area (Å²) in [6.07, 6.45) is 8.20. The number of hydrogen-bond donors (Lipinski definition) is 6. The number of halogens is 4. The summed E-state index contributed by atoms with van der Waals surface area (Å²) >= 11 is 0. The first kappa shape index (κ1) is 54.3. The first-order valence-electron chi connectivity index (χ1n) is 25.7.